The van der Waals surface area contributed by atoms with Gasteiger partial charge in [-0.2, -0.15) is 0 Å². The Morgan fingerprint density at radius 1 is 1.08 bits per heavy atom. The van der Waals surface area contributed by atoms with Gasteiger partial charge in [0.05, 0.1) is 10.6 Å². The summed E-state index contributed by atoms with van der Waals surface area (Å²) in [6.07, 6.45) is 9.65. The number of hydrazine groups is 1. The zero-order chi connectivity index (χ0) is 24.6. The molecule has 0 radical (unpaired) electrons. The van der Waals surface area contributed by atoms with Gasteiger partial charge in [0.1, 0.15) is 11.0 Å². The van der Waals surface area contributed by atoms with Crippen molar-refractivity contribution in [2.75, 3.05) is 0 Å². The van der Waals surface area contributed by atoms with E-state index in [1.54, 1.807) is 11.3 Å². The van der Waals surface area contributed by atoms with Crippen molar-refractivity contribution < 1.29 is 0 Å². The molecular weight excluding hydrogens is 574 g/mol. The number of hydrogen-bond acceptors (Lipinski definition) is 5. The topological polar surface area (TPSA) is 53.1 Å². The summed E-state index contributed by atoms with van der Waals surface area (Å²) in [4.78, 5) is 4.13. The molecule has 180 valence electrons. The summed E-state index contributed by atoms with van der Waals surface area (Å²) in [6, 6.07) is 18.1. The van der Waals surface area contributed by atoms with E-state index in [1.807, 2.05) is 42.5 Å². The quantitative estimate of drug-likeness (QED) is 0.187. The van der Waals surface area contributed by atoms with Gasteiger partial charge in [-0.3, -0.25) is 5.43 Å². The fourth-order valence-electron chi connectivity index (χ4n) is 4.67. The molecule has 9 heteroatoms. The number of nitrogens with one attached hydrogen (secondary N) is 2. The van der Waals surface area contributed by atoms with Crippen molar-refractivity contribution in [1.82, 2.24) is 25.9 Å². The highest BCUT2D eigenvalue weighted by molar-refractivity contribution is 9.10. The molecule has 1 atom stereocenters. The molecule has 2 aromatic heterocycles. The van der Waals surface area contributed by atoms with Crippen molar-refractivity contribution in [2.45, 2.75) is 25.0 Å². The summed E-state index contributed by atoms with van der Waals surface area (Å²) >= 11 is 17.6. The second-order valence-electron chi connectivity index (χ2n) is 8.64. The lowest BCUT2D eigenvalue weighted by Crippen LogP contribution is -2.29. The van der Waals surface area contributed by atoms with E-state index in [0.717, 1.165) is 42.8 Å². The van der Waals surface area contributed by atoms with E-state index in [-0.39, 0.29) is 12.1 Å². The van der Waals surface area contributed by atoms with Gasteiger partial charge in [-0.1, -0.05) is 78.4 Å². The molecule has 0 amide bonds. The van der Waals surface area contributed by atoms with Crippen LogP contribution in [0.2, 0.25) is 5.02 Å². The minimum Gasteiger partial charge on any atom is -0.322 e. The first kappa shape index (κ1) is 23.8. The molecule has 0 spiro atoms. The van der Waals surface area contributed by atoms with Crippen LogP contribution in [-0.2, 0) is 6.54 Å². The molecule has 1 unspecified atom stereocenters. The predicted octanol–water partition coefficient (Wildman–Crippen LogP) is 7.27. The van der Waals surface area contributed by atoms with Crippen LogP contribution in [0.3, 0.4) is 0 Å². The molecule has 2 aliphatic rings. The van der Waals surface area contributed by atoms with Crippen LogP contribution in [0.25, 0.3) is 21.5 Å². The van der Waals surface area contributed by atoms with Crippen LogP contribution in [0.5, 0.6) is 0 Å². The summed E-state index contributed by atoms with van der Waals surface area (Å²) < 4.78 is 1.00. The van der Waals surface area contributed by atoms with E-state index in [1.165, 1.54) is 5.56 Å². The zero-order valence-corrected chi connectivity index (χ0v) is 23.0. The molecular formula is C27H21BrClN5S2. The van der Waals surface area contributed by atoms with Crippen LogP contribution in [0, 0.1) is 0 Å². The molecule has 1 aliphatic heterocycles. The highest BCUT2D eigenvalue weighted by Crippen LogP contribution is 2.46. The van der Waals surface area contributed by atoms with Gasteiger partial charge in [-0.05, 0) is 52.3 Å². The molecule has 0 bridgehead atoms. The van der Waals surface area contributed by atoms with Crippen LogP contribution >= 0.6 is 51.1 Å². The third kappa shape index (κ3) is 4.37. The third-order valence-electron chi connectivity index (χ3n) is 6.34. The first-order valence-electron chi connectivity index (χ1n) is 11.5. The van der Waals surface area contributed by atoms with Crippen molar-refractivity contribution in [2.24, 2.45) is 0 Å². The normalized spacial score (nSPS) is 17.8. The minimum absolute atomic E-state index is 0.0839. The summed E-state index contributed by atoms with van der Waals surface area (Å²) in [5, 5.41) is 11.8. The number of benzene rings is 2. The average molecular weight is 595 g/mol. The first-order chi connectivity index (χ1) is 17.6. The lowest BCUT2D eigenvalue weighted by atomic mass is 9.89. The van der Waals surface area contributed by atoms with Gasteiger partial charge in [-0.15, -0.1) is 21.5 Å². The number of thiophene rings is 1. The van der Waals surface area contributed by atoms with E-state index in [2.05, 4.69) is 73.2 Å². The van der Waals surface area contributed by atoms with Crippen molar-refractivity contribution in [3.05, 3.63) is 104 Å². The molecule has 6 rings (SSSR count). The Kier molecular flexibility index (Phi) is 6.62. The van der Waals surface area contributed by atoms with Gasteiger partial charge in [0.15, 0.2) is 5.11 Å². The van der Waals surface area contributed by atoms with Gasteiger partial charge in [0, 0.05) is 38.5 Å². The highest BCUT2D eigenvalue weighted by Gasteiger charge is 2.34. The predicted molar refractivity (Wildman–Crippen MR) is 155 cm³/mol. The number of hydrogen-bond donors (Lipinski definition) is 2. The number of nitrogens with zero attached hydrogens (tertiary/aromatic N) is 3. The fraction of sp³-hybridized carbons (Fsp3) is 0.148. The number of rotatable bonds is 5. The highest BCUT2D eigenvalue weighted by atomic mass is 79.9. The largest absolute Gasteiger partial charge is 0.322 e. The number of aromatic nitrogens is 2. The van der Waals surface area contributed by atoms with E-state index < -0.39 is 0 Å². The second kappa shape index (κ2) is 10.0. The monoisotopic (exact) mass is 593 g/mol. The van der Waals surface area contributed by atoms with Gasteiger partial charge in [0.25, 0.3) is 0 Å². The lowest BCUT2D eigenvalue weighted by molar-refractivity contribution is 0.313. The van der Waals surface area contributed by atoms with Crippen LogP contribution in [0.15, 0.2) is 83.4 Å². The zero-order valence-electron chi connectivity index (χ0n) is 19.0. The molecule has 5 nitrogen and oxygen atoms in total. The Morgan fingerprint density at radius 3 is 2.67 bits per heavy atom. The Bertz CT molecular complexity index is 1510. The smallest absolute Gasteiger partial charge is 0.185 e. The van der Waals surface area contributed by atoms with Crippen LogP contribution in [-0.4, -0.2) is 20.2 Å². The van der Waals surface area contributed by atoms with E-state index in [4.69, 9.17) is 28.9 Å². The van der Waals surface area contributed by atoms with Crippen LogP contribution < -0.4 is 10.9 Å². The third-order valence-corrected chi connectivity index (χ3v) is 9.13. The molecule has 0 saturated carbocycles. The Balaban J connectivity index is 1.50. The molecule has 2 N–H and O–H groups in total. The molecule has 2 aromatic carbocycles. The van der Waals surface area contributed by atoms with E-state index in [9.17, 15) is 0 Å². The second-order valence-corrected chi connectivity index (χ2v) is 11.3. The molecule has 4 aromatic rings. The Labute approximate surface area is 232 Å². The number of fused-ring (bicyclic) bond motifs is 1. The summed E-state index contributed by atoms with van der Waals surface area (Å²) in [5.74, 6) is 0.0839. The van der Waals surface area contributed by atoms with Gasteiger partial charge in [-0.25, -0.2) is 5.43 Å². The average Bonchev–Trinajstić information content (AvgIpc) is 3.43. The van der Waals surface area contributed by atoms with Crippen molar-refractivity contribution in [1.29, 1.82) is 0 Å². The van der Waals surface area contributed by atoms with Crippen molar-refractivity contribution in [3.63, 3.8) is 0 Å². The maximum atomic E-state index is 6.35. The lowest BCUT2D eigenvalue weighted by Gasteiger charge is -2.23. The van der Waals surface area contributed by atoms with E-state index in [0.29, 0.717) is 16.7 Å². The van der Waals surface area contributed by atoms with E-state index >= 15 is 0 Å². The summed E-state index contributed by atoms with van der Waals surface area (Å²) in [7, 11) is 0. The molecule has 3 heterocycles. The fourth-order valence-corrected chi connectivity index (χ4v) is 7.18. The van der Waals surface area contributed by atoms with Crippen LogP contribution in [0.1, 0.15) is 34.5 Å². The molecule has 1 fully saturated rings. The van der Waals surface area contributed by atoms with Crippen LogP contribution in [0.4, 0.5) is 0 Å². The molecule has 1 aliphatic carbocycles. The summed E-state index contributed by atoms with van der Waals surface area (Å²) in [5.41, 5.74) is 10.6. The number of allylic oxidation sites excluding steroid dienone is 4. The standard InChI is InChI=1S/C27H21BrClN5S2/c28-22-21-20(17-10-5-2-6-11-17)23(18-12-7-13-19(29)14-18)30-32-26(21)36-24(22)25-31-33-27(35)34(25)15-16-8-3-1-4-9-16/h1,3-14,17,25,31H,2,15H2,(H,33,35). The number of thiocarbonyl (C=S) groups is 1. The van der Waals surface area contributed by atoms with Crippen molar-refractivity contribution in [3.8, 4) is 11.3 Å². The molecule has 1 saturated heterocycles. The number of halogens is 2. The maximum absolute atomic E-state index is 6.35. The van der Waals surface area contributed by atoms with Gasteiger partial charge in [0.2, 0.25) is 0 Å². The maximum Gasteiger partial charge on any atom is 0.185 e. The Morgan fingerprint density at radius 2 is 1.89 bits per heavy atom. The van der Waals surface area contributed by atoms with Crippen molar-refractivity contribution >= 4 is 66.4 Å². The molecule has 36 heavy (non-hydrogen) atoms. The van der Waals surface area contributed by atoms with Gasteiger partial charge >= 0.3 is 0 Å². The van der Waals surface area contributed by atoms with Gasteiger partial charge < -0.3 is 4.90 Å². The SMILES string of the molecule is S=C1NNC(c2sc3nnc(-c4cccc(Cl)c4)c(C4C=CCC=C4)c3c2Br)N1Cc1ccccc1. The first-order valence-corrected chi connectivity index (χ1v) is 13.9. The summed E-state index contributed by atoms with van der Waals surface area (Å²) in [6.45, 7) is 0.686. The Hall–Kier alpha value is -2.62. The minimum atomic E-state index is -0.147.